The average Bonchev–Trinajstić information content (AvgIpc) is 2.78. The molecule has 0 amide bonds. The Morgan fingerprint density at radius 3 is 2.58 bits per heavy atom. The highest BCUT2D eigenvalue weighted by Gasteiger charge is 2.23. The lowest BCUT2D eigenvalue weighted by molar-refractivity contribution is 0.304. The van der Waals surface area contributed by atoms with Crippen molar-refractivity contribution in [2.75, 3.05) is 38.2 Å². The fourth-order valence-corrected chi connectivity index (χ4v) is 3.16. The number of rotatable bonds is 9. The van der Waals surface area contributed by atoms with Gasteiger partial charge in [-0.05, 0) is 77.6 Å². The second kappa shape index (κ2) is 9.25. The number of likely N-dealkylation sites (tertiary alicyclic amines) is 1. The highest BCUT2D eigenvalue weighted by molar-refractivity contribution is 7.98. The third kappa shape index (κ3) is 8.93. The average molecular weight is 287 g/mol. The predicted molar refractivity (Wildman–Crippen MR) is 89.2 cm³/mol. The zero-order valence-electron chi connectivity index (χ0n) is 13.5. The quantitative estimate of drug-likeness (QED) is 0.652. The number of nitrogens with one attached hydrogen (secondary N) is 1. The van der Waals surface area contributed by atoms with Gasteiger partial charge in [0.2, 0.25) is 0 Å². The fourth-order valence-electron chi connectivity index (χ4n) is 2.67. The van der Waals surface area contributed by atoms with Gasteiger partial charge >= 0.3 is 0 Å². The first-order chi connectivity index (χ1) is 9.01. The molecular formula is C16H34N2S. The van der Waals surface area contributed by atoms with E-state index in [1.807, 2.05) is 11.8 Å². The summed E-state index contributed by atoms with van der Waals surface area (Å²) in [5.74, 6) is 2.21. The van der Waals surface area contributed by atoms with Gasteiger partial charge in [-0.15, -0.1) is 0 Å². The summed E-state index contributed by atoms with van der Waals surface area (Å²) in [6, 6.07) is 0. The van der Waals surface area contributed by atoms with E-state index in [4.69, 9.17) is 0 Å². The Bertz CT molecular complexity index is 225. The molecular weight excluding hydrogens is 252 g/mol. The lowest BCUT2D eigenvalue weighted by Gasteiger charge is -2.23. The van der Waals surface area contributed by atoms with Crippen molar-refractivity contribution in [3.8, 4) is 0 Å². The maximum atomic E-state index is 3.65. The van der Waals surface area contributed by atoms with E-state index in [1.54, 1.807) is 0 Å². The molecule has 1 fully saturated rings. The molecule has 0 aromatic carbocycles. The summed E-state index contributed by atoms with van der Waals surface area (Å²) < 4.78 is 0. The lowest BCUT2D eigenvalue weighted by Crippen LogP contribution is -2.39. The first-order valence-corrected chi connectivity index (χ1v) is 9.37. The van der Waals surface area contributed by atoms with Gasteiger partial charge in [-0.1, -0.05) is 12.8 Å². The zero-order valence-corrected chi connectivity index (χ0v) is 14.3. The number of thioether (sulfide) groups is 1. The van der Waals surface area contributed by atoms with Crippen LogP contribution in [0.1, 0.15) is 52.9 Å². The van der Waals surface area contributed by atoms with Crippen molar-refractivity contribution in [2.24, 2.45) is 5.92 Å². The molecule has 0 bridgehead atoms. The minimum Gasteiger partial charge on any atom is -0.312 e. The summed E-state index contributed by atoms with van der Waals surface area (Å²) in [5.41, 5.74) is 0.269. The predicted octanol–water partition coefficient (Wildman–Crippen LogP) is 3.62. The van der Waals surface area contributed by atoms with Crippen LogP contribution < -0.4 is 5.32 Å². The minimum absolute atomic E-state index is 0.269. The second-order valence-electron chi connectivity index (χ2n) is 6.99. The Morgan fingerprint density at radius 1 is 1.16 bits per heavy atom. The van der Waals surface area contributed by atoms with Gasteiger partial charge in [0.15, 0.2) is 0 Å². The summed E-state index contributed by atoms with van der Waals surface area (Å²) in [6.07, 6.45) is 9.23. The van der Waals surface area contributed by atoms with E-state index in [1.165, 1.54) is 64.0 Å². The SMILES string of the molecule is CSCCCCCCN1CCC(CNC(C)(C)C)C1. The van der Waals surface area contributed by atoms with Gasteiger partial charge in [0.25, 0.3) is 0 Å². The molecule has 3 heteroatoms. The van der Waals surface area contributed by atoms with Gasteiger partial charge in [-0.2, -0.15) is 11.8 Å². The molecule has 1 atom stereocenters. The highest BCUT2D eigenvalue weighted by Crippen LogP contribution is 2.17. The molecule has 2 nitrogen and oxygen atoms in total. The van der Waals surface area contributed by atoms with Crippen molar-refractivity contribution in [1.29, 1.82) is 0 Å². The van der Waals surface area contributed by atoms with Gasteiger partial charge in [-0.25, -0.2) is 0 Å². The number of unbranched alkanes of at least 4 members (excludes halogenated alkanes) is 3. The summed E-state index contributed by atoms with van der Waals surface area (Å²) in [5, 5.41) is 3.65. The van der Waals surface area contributed by atoms with E-state index < -0.39 is 0 Å². The van der Waals surface area contributed by atoms with Crippen molar-refractivity contribution in [2.45, 2.75) is 58.4 Å². The van der Waals surface area contributed by atoms with Crippen LogP contribution in [0.15, 0.2) is 0 Å². The lowest BCUT2D eigenvalue weighted by atomic mass is 10.1. The minimum atomic E-state index is 0.269. The van der Waals surface area contributed by atoms with Crippen molar-refractivity contribution >= 4 is 11.8 Å². The van der Waals surface area contributed by atoms with Crippen LogP contribution in [0, 0.1) is 5.92 Å². The van der Waals surface area contributed by atoms with Crippen LogP contribution in [0.2, 0.25) is 0 Å². The van der Waals surface area contributed by atoms with Crippen molar-refractivity contribution in [1.82, 2.24) is 10.2 Å². The molecule has 1 N–H and O–H groups in total. The maximum Gasteiger partial charge on any atom is 0.00966 e. The summed E-state index contributed by atoms with van der Waals surface area (Å²) in [4.78, 5) is 2.67. The van der Waals surface area contributed by atoms with Gasteiger partial charge in [0.05, 0.1) is 0 Å². The Hall–Kier alpha value is 0.270. The van der Waals surface area contributed by atoms with Crippen LogP contribution in [0.5, 0.6) is 0 Å². The van der Waals surface area contributed by atoms with Crippen molar-refractivity contribution in [3.63, 3.8) is 0 Å². The van der Waals surface area contributed by atoms with Gasteiger partial charge in [-0.3, -0.25) is 0 Å². The number of hydrogen-bond donors (Lipinski definition) is 1. The Kier molecular flexibility index (Phi) is 8.43. The Balaban J connectivity index is 1.99. The fraction of sp³-hybridized carbons (Fsp3) is 1.00. The molecule has 1 aliphatic heterocycles. The molecule has 0 aromatic heterocycles. The molecule has 1 aliphatic rings. The normalized spacial score (nSPS) is 21.2. The monoisotopic (exact) mass is 286 g/mol. The van der Waals surface area contributed by atoms with Crippen LogP contribution >= 0.6 is 11.8 Å². The van der Waals surface area contributed by atoms with Crippen LogP contribution in [-0.2, 0) is 0 Å². The van der Waals surface area contributed by atoms with Gasteiger partial charge in [0.1, 0.15) is 0 Å². The second-order valence-corrected chi connectivity index (χ2v) is 7.98. The van der Waals surface area contributed by atoms with Crippen LogP contribution in [0.4, 0.5) is 0 Å². The molecule has 1 unspecified atom stereocenters. The summed E-state index contributed by atoms with van der Waals surface area (Å²) >= 11 is 1.98. The van der Waals surface area contributed by atoms with E-state index in [-0.39, 0.29) is 5.54 Å². The summed E-state index contributed by atoms with van der Waals surface area (Å²) in [7, 11) is 0. The first kappa shape index (κ1) is 17.3. The van der Waals surface area contributed by atoms with Crippen molar-refractivity contribution < 1.29 is 0 Å². The topological polar surface area (TPSA) is 15.3 Å². The van der Waals surface area contributed by atoms with Crippen LogP contribution in [0.25, 0.3) is 0 Å². The van der Waals surface area contributed by atoms with Gasteiger partial charge in [0, 0.05) is 12.1 Å². The molecule has 0 saturated carbocycles. The van der Waals surface area contributed by atoms with Crippen LogP contribution in [-0.4, -0.2) is 48.6 Å². The third-order valence-corrected chi connectivity index (χ3v) is 4.56. The molecule has 1 heterocycles. The Morgan fingerprint density at radius 2 is 1.89 bits per heavy atom. The molecule has 0 spiro atoms. The zero-order chi connectivity index (χ0) is 14.1. The van der Waals surface area contributed by atoms with Gasteiger partial charge < -0.3 is 10.2 Å². The van der Waals surface area contributed by atoms with Crippen molar-refractivity contribution in [3.05, 3.63) is 0 Å². The smallest absolute Gasteiger partial charge is 0.00966 e. The molecule has 1 rings (SSSR count). The molecule has 19 heavy (non-hydrogen) atoms. The maximum absolute atomic E-state index is 3.65. The molecule has 114 valence electrons. The molecule has 0 radical (unpaired) electrons. The van der Waals surface area contributed by atoms with E-state index in [0.717, 1.165) is 5.92 Å². The van der Waals surface area contributed by atoms with Crippen LogP contribution in [0.3, 0.4) is 0 Å². The number of hydrogen-bond acceptors (Lipinski definition) is 3. The van der Waals surface area contributed by atoms with E-state index in [9.17, 15) is 0 Å². The van der Waals surface area contributed by atoms with E-state index >= 15 is 0 Å². The third-order valence-electron chi connectivity index (χ3n) is 3.86. The highest BCUT2D eigenvalue weighted by atomic mass is 32.2. The largest absolute Gasteiger partial charge is 0.312 e. The first-order valence-electron chi connectivity index (χ1n) is 7.97. The van der Waals surface area contributed by atoms with E-state index in [0.29, 0.717) is 0 Å². The standard InChI is InChI=1S/C16H34N2S/c1-16(2,3)17-13-15-9-11-18(14-15)10-7-5-6-8-12-19-4/h15,17H,5-14H2,1-4H3. The van der Waals surface area contributed by atoms with E-state index in [2.05, 4.69) is 37.2 Å². The molecule has 1 saturated heterocycles. The Labute approximate surface area is 125 Å². The molecule has 0 aliphatic carbocycles. The number of nitrogens with zero attached hydrogens (tertiary/aromatic N) is 1. The molecule has 0 aromatic rings. The summed E-state index contributed by atoms with van der Waals surface area (Å²) in [6.45, 7) is 11.9.